The quantitative estimate of drug-likeness (QED) is 0.806. The van der Waals surface area contributed by atoms with Crippen molar-refractivity contribution in [2.45, 2.75) is 18.7 Å². The molecule has 0 aliphatic heterocycles. The van der Waals surface area contributed by atoms with Gasteiger partial charge in [0.05, 0.1) is 22.5 Å². The van der Waals surface area contributed by atoms with Crippen LogP contribution in [0.15, 0.2) is 53.6 Å². The van der Waals surface area contributed by atoms with E-state index in [-0.39, 0.29) is 10.7 Å². The average Bonchev–Trinajstić information content (AvgIpc) is 2.50. The number of hydrogen-bond acceptors (Lipinski definition) is 4. The van der Waals surface area contributed by atoms with E-state index in [4.69, 9.17) is 0 Å². The number of sulfonamides is 1. The van der Waals surface area contributed by atoms with Crippen LogP contribution in [-0.2, 0) is 10.0 Å². The van der Waals surface area contributed by atoms with Gasteiger partial charge in [0.15, 0.2) is 5.82 Å². The predicted octanol–water partition coefficient (Wildman–Crippen LogP) is 3.05. The second-order valence-corrected chi connectivity index (χ2v) is 6.66. The van der Waals surface area contributed by atoms with Crippen molar-refractivity contribution in [3.63, 3.8) is 0 Å². The Labute approximate surface area is 129 Å². The molecule has 1 heterocycles. The maximum Gasteiger partial charge on any atom is 0.263 e. The largest absolute Gasteiger partial charge is 0.263 e. The standard InChI is InChI=1S/C16H15N3O2S/c1-11-12(2)18-16(10-17-11)19-22(20,21)15-9-5-7-13-6-3-4-8-14(13)15/h3-10H,1-2H3,(H,18,19). The monoisotopic (exact) mass is 313 g/mol. The first-order valence-electron chi connectivity index (χ1n) is 6.78. The first-order valence-corrected chi connectivity index (χ1v) is 8.26. The van der Waals surface area contributed by atoms with E-state index >= 15 is 0 Å². The molecule has 3 aromatic rings. The number of nitrogens with one attached hydrogen (secondary N) is 1. The third kappa shape index (κ3) is 2.65. The fraction of sp³-hybridized carbons (Fsp3) is 0.125. The third-order valence-corrected chi connectivity index (χ3v) is 4.88. The average molecular weight is 313 g/mol. The number of hydrogen-bond donors (Lipinski definition) is 1. The van der Waals surface area contributed by atoms with E-state index in [1.165, 1.54) is 6.20 Å². The molecule has 0 radical (unpaired) electrons. The predicted molar refractivity (Wildman–Crippen MR) is 86.3 cm³/mol. The smallest absolute Gasteiger partial charge is 0.262 e. The summed E-state index contributed by atoms with van der Waals surface area (Å²) in [5, 5.41) is 1.55. The van der Waals surface area contributed by atoms with E-state index in [0.717, 1.165) is 11.1 Å². The molecular weight excluding hydrogens is 298 g/mol. The first kappa shape index (κ1) is 14.5. The van der Waals surface area contributed by atoms with Gasteiger partial charge < -0.3 is 0 Å². The summed E-state index contributed by atoms with van der Waals surface area (Å²) >= 11 is 0. The van der Waals surface area contributed by atoms with Crippen LogP contribution in [0, 0.1) is 13.8 Å². The molecule has 0 aliphatic carbocycles. The Hall–Kier alpha value is -2.47. The molecule has 22 heavy (non-hydrogen) atoms. The summed E-state index contributed by atoms with van der Waals surface area (Å²) in [5.41, 5.74) is 1.46. The topological polar surface area (TPSA) is 72.0 Å². The van der Waals surface area contributed by atoms with Crippen molar-refractivity contribution in [1.29, 1.82) is 0 Å². The molecule has 0 amide bonds. The van der Waals surface area contributed by atoms with Crippen LogP contribution < -0.4 is 4.72 Å². The van der Waals surface area contributed by atoms with Gasteiger partial charge in [-0.05, 0) is 25.3 Å². The molecular formula is C16H15N3O2S. The zero-order valence-corrected chi connectivity index (χ0v) is 13.1. The minimum atomic E-state index is -3.72. The third-order valence-electron chi connectivity index (χ3n) is 3.47. The van der Waals surface area contributed by atoms with Crippen molar-refractivity contribution in [1.82, 2.24) is 9.97 Å². The van der Waals surface area contributed by atoms with Gasteiger partial charge in [0.1, 0.15) is 0 Å². The molecule has 0 unspecified atom stereocenters. The Kier molecular flexibility index (Phi) is 3.54. The maximum absolute atomic E-state index is 12.6. The minimum absolute atomic E-state index is 0.219. The normalized spacial score (nSPS) is 11.5. The molecule has 5 nitrogen and oxygen atoms in total. The summed E-state index contributed by atoms with van der Waals surface area (Å²) in [6.45, 7) is 3.61. The SMILES string of the molecule is Cc1ncc(NS(=O)(=O)c2cccc3ccccc23)nc1C. The summed E-state index contributed by atoms with van der Waals surface area (Å²) in [7, 11) is -3.72. The van der Waals surface area contributed by atoms with Crippen molar-refractivity contribution in [2.24, 2.45) is 0 Å². The molecule has 2 aromatic carbocycles. The Morgan fingerprint density at radius 1 is 0.955 bits per heavy atom. The number of benzene rings is 2. The summed E-state index contributed by atoms with van der Waals surface area (Å²) in [6, 6.07) is 12.5. The van der Waals surface area contributed by atoms with Gasteiger partial charge in [0.2, 0.25) is 0 Å². The highest BCUT2D eigenvalue weighted by molar-refractivity contribution is 7.93. The van der Waals surface area contributed by atoms with Crippen LogP contribution in [0.3, 0.4) is 0 Å². The number of rotatable bonds is 3. The van der Waals surface area contributed by atoms with Crippen molar-refractivity contribution in [3.8, 4) is 0 Å². The number of aryl methyl sites for hydroxylation is 2. The number of nitrogens with zero attached hydrogens (tertiary/aromatic N) is 2. The van der Waals surface area contributed by atoms with Gasteiger partial charge >= 0.3 is 0 Å². The summed E-state index contributed by atoms with van der Waals surface area (Å²) < 4.78 is 27.8. The number of aromatic nitrogens is 2. The van der Waals surface area contributed by atoms with E-state index in [9.17, 15) is 8.42 Å². The number of anilines is 1. The van der Waals surface area contributed by atoms with Gasteiger partial charge in [0.25, 0.3) is 10.0 Å². The van der Waals surface area contributed by atoms with Crippen LogP contribution in [0.5, 0.6) is 0 Å². The maximum atomic E-state index is 12.6. The second-order valence-electron chi connectivity index (χ2n) is 5.01. The van der Waals surface area contributed by atoms with Crippen molar-refractivity contribution >= 4 is 26.6 Å². The molecule has 3 rings (SSSR count). The summed E-state index contributed by atoms with van der Waals surface area (Å²) in [4.78, 5) is 8.57. The molecule has 0 fully saturated rings. The summed E-state index contributed by atoms with van der Waals surface area (Å²) in [6.07, 6.45) is 1.42. The van der Waals surface area contributed by atoms with Crippen molar-refractivity contribution in [2.75, 3.05) is 4.72 Å². The Balaban J connectivity index is 2.07. The lowest BCUT2D eigenvalue weighted by atomic mass is 10.1. The van der Waals surface area contributed by atoms with Crippen LogP contribution in [-0.4, -0.2) is 18.4 Å². The molecule has 0 bridgehead atoms. The fourth-order valence-electron chi connectivity index (χ4n) is 2.21. The van der Waals surface area contributed by atoms with E-state index in [2.05, 4.69) is 14.7 Å². The lowest BCUT2D eigenvalue weighted by Gasteiger charge is -2.10. The van der Waals surface area contributed by atoms with Crippen LogP contribution in [0.4, 0.5) is 5.82 Å². The highest BCUT2D eigenvalue weighted by Gasteiger charge is 2.18. The van der Waals surface area contributed by atoms with E-state index < -0.39 is 10.0 Å². The molecule has 0 saturated carbocycles. The van der Waals surface area contributed by atoms with Crippen LogP contribution in [0.1, 0.15) is 11.4 Å². The molecule has 112 valence electrons. The molecule has 1 N–H and O–H groups in total. The summed E-state index contributed by atoms with van der Waals surface area (Å²) in [5.74, 6) is 0.219. The van der Waals surface area contributed by atoms with Crippen LogP contribution >= 0.6 is 0 Å². The Morgan fingerprint density at radius 3 is 2.45 bits per heavy atom. The number of fused-ring (bicyclic) bond motifs is 1. The highest BCUT2D eigenvalue weighted by atomic mass is 32.2. The van der Waals surface area contributed by atoms with Crippen LogP contribution in [0.2, 0.25) is 0 Å². The minimum Gasteiger partial charge on any atom is -0.262 e. The lowest BCUT2D eigenvalue weighted by molar-refractivity contribution is 0.602. The van der Waals surface area contributed by atoms with Gasteiger partial charge in [-0.3, -0.25) is 9.71 Å². The van der Waals surface area contributed by atoms with E-state index in [1.807, 2.05) is 31.2 Å². The molecule has 1 aromatic heterocycles. The Bertz CT molecular complexity index is 947. The van der Waals surface area contributed by atoms with Gasteiger partial charge in [-0.15, -0.1) is 0 Å². The van der Waals surface area contributed by atoms with Crippen molar-refractivity contribution < 1.29 is 8.42 Å². The molecule has 6 heteroatoms. The Morgan fingerprint density at radius 2 is 1.68 bits per heavy atom. The second kappa shape index (κ2) is 5.38. The molecule has 0 spiro atoms. The van der Waals surface area contributed by atoms with Gasteiger partial charge in [-0.2, -0.15) is 0 Å². The van der Waals surface area contributed by atoms with Gasteiger partial charge in [0, 0.05) is 5.39 Å². The zero-order chi connectivity index (χ0) is 15.7. The molecule has 0 aliphatic rings. The molecule has 0 saturated heterocycles. The van der Waals surface area contributed by atoms with E-state index in [0.29, 0.717) is 11.1 Å². The fourth-order valence-corrected chi connectivity index (χ4v) is 3.43. The highest BCUT2D eigenvalue weighted by Crippen LogP contribution is 2.24. The van der Waals surface area contributed by atoms with E-state index in [1.54, 1.807) is 25.1 Å². The van der Waals surface area contributed by atoms with Gasteiger partial charge in [-0.25, -0.2) is 13.4 Å². The first-order chi connectivity index (χ1) is 10.5. The van der Waals surface area contributed by atoms with Crippen LogP contribution in [0.25, 0.3) is 10.8 Å². The van der Waals surface area contributed by atoms with Crippen molar-refractivity contribution in [3.05, 3.63) is 60.0 Å². The lowest BCUT2D eigenvalue weighted by Crippen LogP contribution is -2.15. The zero-order valence-electron chi connectivity index (χ0n) is 12.2. The van der Waals surface area contributed by atoms with Gasteiger partial charge in [-0.1, -0.05) is 36.4 Å². The molecule has 0 atom stereocenters.